The Balaban J connectivity index is 1.54. The summed E-state index contributed by atoms with van der Waals surface area (Å²) >= 11 is 0. The molecule has 118 valence electrons. The van der Waals surface area contributed by atoms with Crippen molar-refractivity contribution < 1.29 is 0 Å². The summed E-state index contributed by atoms with van der Waals surface area (Å²) in [6.45, 7) is 6.61. The Bertz CT molecular complexity index is 645. The highest BCUT2D eigenvalue weighted by Crippen LogP contribution is 2.21. The molecule has 2 saturated heterocycles. The molecule has 1 atom stereocenters. The fourth-order valence-electron chi connectivity index (χ4n) is 3.64. The third-order valence-corrected chi connectivity index (χ3v) is 4.91. The minimum Gasteiger partial charge on any atom is -0.369 e. The molecule has 0 aromatic carbocycles. The number of fused-ring (bicyclic) bond motifs is 1. The lowest BCUT2D eigenvalue weighted by molar-refractivity contribution is 0.392. The smallest absolute Gasteiger partial charge is 0.162 e. The van der Waals surface area contributed by atoms with Crippen LogP contribution in [0.3, 0.4) is 0 Å². The standard InChI is InChI=1S/C16H24N6/c1-20-6-2-13(12-20)10-15-18-19-16-11-14(3-7-22(15)16)21-8-4-17-5-9-21/h3,7,11,13,17H,2,4-6,8-10,12H2,1H3. The van der Waals surface area contributed by atoms with Gasteiger partial charge >= 0.3 is 0 Å². The summed E-state index contributed by atoms with van der Waals surface area (Å²) in [4.78, 5) is 4.81. The molecule has 1 N–H and O–H groups in total. The van der Waals surface area contributed by atoms with Crippen molar-refractivity contribution in [3.8, 4) is 0 Å². The van der Waals surface area contributed by atoms with E-state index in [1.54, 1.807) is 0 Å². The van der Waals surface area contributed by atoms with Gasteiger partial charge in [-0.15, -0.1) is 10.2 Å². The molecule has 0 saturated carbocycles. The Labute approximate surface area is 131 Å². The third-order valence-electron chi connectivity index (χ3n) is 4.91. The van der Waals surface area contributed by atoms with Gasteiger partial charge in [0, 0.05) is 57.1 Å². The summed E-state index contributed by atoms with van der Waals surface area (Å²) in [5.74, 6) is 1.81. The van der Waals surface area contributed by atoms with Gasteiger partial charge in [0.25, 0.3) is 0 Å². The van der Waals surface area contributed by atoms with Crippen LogP contribution in [0.2, 0.25) is 0 Å². The van der Waals surface area contributed by atoms with Crippen LogP contribution in [0, 0.1) is 5.92 Å². The van der Waals surface area contributed by atoms with Crippen molar-refractivity contribution in [2.75, 3.05) is 51.2 Å². The van der Waals surface area contributed by atoms with Gasteiger partial charge in [-0.2, -0.15) is 0 Å². The zero-order valence-electron chi connectivity index (χ0n) is 13.2. The second-order valence-corrected chi connectivity index (χ2v) is 6.59. The average Bonchev–Trinajstić information content (AvgIpc) is 3.15. The Hall–Kier alpha value is -1.66. The van der Waals surface area contributed by atoms with Crippen LogP contribution < -0.4 is 10.2 Å². The minimum atomic E-state index is 0.713. The van der Waals surface area contributed by atoms with Gasteiger partial charge in [-0.1, -0.05) is 0 Å². The molecule has 0 spiro atoms. The molecule has 2 aliphatic heterocycles. The van der Waals surface area contributed by atoms with Gasteiger partial charge in [0.15, 0.2) is 5.65 Å². The van der Waals surface area contributed by atoms with E-state index in [0.717, 1.165) is 44.1 Å². The summed E-state index contributed by atoms with van der Waals surface area (Å²) in [5, 5.41) is 12.2. The molecule has 2 fully saturated rings. The summed E-state index contributed by atoms with van der Waals surface area (Å²) in [7, 11) is 2.20. The number of piperazine rings is 1. The number of rotatable bonds is 3. The normalized spacial score (nSPS) is 23.5. The van der Waals surface area contributed by atoms with Crippen molar-refractivity contribution in [2.45, 2.75) is 12.8 Å². The Morgan fingerprint density at radius 1 is 1.23 bits per heavy atom. The van der Waals surface area contributed by atoms with Crippen LogP contribution >= 0.6 is 0 Å². The van der Waals surface area contributed by atoms with Crippen LogP contribution in [-0.4, -0.2) is 65.8 Å². The van der Waals surface area contributed by atoms with Crippen LogP contribution in [0.4, 0.5) is 5.69 Å². The van der Waals surface area contributed by atoms with E-state index in [0.29, 0.717) is 5.92 Å². The minimum absolute atomic E-state index is 0.713. The van der Waals surface area contributed by atoms with Crippen LogP contribution in [0.5, 0.6) is 0 Å². The highest BCUT2D eigenvalue weighted by atomic mass is 15.3. The topological polar surface area (TPSA) is 48.7 Å². The number of hydrogen-bond acceptors (Lipinski definition) is 5. The molecule has 1 unspecified atom stereocenters. The summed E-state index contributed by atoms with van der Waals surface area (Å²) in [6.07, 6.45) is 4.43. The maximum absolute atomic E-state index is 4.43. The lowest BCUT2D eigenvalue weighted by Gasteiger charge is -2.29. The average molecular weight is 300 g/mol. The maximum atomic E-state index is 4.43. The summed E-state index contributed by atoms with van der Waals surface area (Å²) in [5.41, 5.74) is 2.23. The number of pyridine rings is 1. The van der Waals surface area contributed by atoms with Gasteiger partial charge in [-0.05, 0) is 32.0 Å². The molecule has 0 bridgehead atoms. The maximum Gasteiger partial charge on any atom is 0.162 e. The molecular weight excluding hydrogens is 276 g/mol. The van der Waals surface area contributed by atoms with E-state index in [4.69, 9.17) is 0 Å². The number of anilines is 1. The van der Waals surface area contributed by atoms with E-state index in [-0.39, 0.29) is 0 Å². The molecule has 2 aromatic heterocycles. The molecule has 6 heteroatoms. The zero-order valence-corrected chi connectivity index (χ0v) is 13.2. The number of hydrogen-bond donors (Lipinski definition) is 1. The Morgan fingerprint density at radius 2 is 2.09 bits per heavy atom. The van der Waals surface area contributed by atoms with E-state index >= 15 is 0 Å². The van der Waals surface area contributed by atoms with Gasteiger partial charge < -0.3 is 15.1 Å². The molecule has 0 radical (unpaired) electrons. The van der Waals surface area contributed by atoms with Gasteiger partial charge in [-0.25, -0.2) is 0 Å². The van der Waals surface area contributed by atoms with E-state index in [9.17, 15) is 0 Å². The second kappa shape index (κ2) is 5.85. The number of nitrogens with zero attached hydrogens (tertiary/aromatic N) is 5. The first-order valence-corrected chi connectivity index (χ1v) is 8.27. The Morgan fingerprint density at radius 3 is 2.86 bits per heavy atom. The van der Waals surface area contributed by atoms with E-state index < -0.39 is 0 Å². The van der Waals surface area contributed by atoms with E-state index in [1.165, 1.54) is 25.2 Å². The molecule has 4 heterocycles. The molecule has 2 aliphatic rings. The molecule has 4 rings (SSSR count). The van der Waals surface area contributed by atoms with Crippen molar-refractivity contribution >= 4 is 11.3 Å². The number of aromatic nitrogens is 3. The molecule has 2 aromatic rings. The third kappa shape index (κ3) is 2.68. The van der Waals surface area contributed by atoms with Crippen molar-refractivity contribution in [3.05, 3.63) is 24.2 Å². The van der Waals surface area contributed by atoms with Crippen LogP contribution in [-0.2, 0) is 6.42 Å². The SMILES string of the molecule is CN1CCC(Cc2nnc3cc(N4CCNCC4)ccn23)C1. The van der Waals surface area contributed by atoms with Crippen LogP contribution in [0.1, 0.15) is 12.2 Å². The molecule has 0 amide bonds. The van der Waals surface area contributed by atoms with E-state index in [1.807, 2.05) is 0 Å². The lowest BCUT2D eigenvalue weighted by atomic mass is 10.0. The monoisotopic (exact) mass is 300 g/mol. The highest BCUT2D eigenvalue weighted by Gasteiger charge is 2.22. The highest BCUT2D eigenvalue weighted by molar-refractivity contribution is 5.56. The van der Waals surface area contributed by atoms with Gasteiger partial charge in [-0.3, -0.25) is 4.40 Å². The molecule has 22 heavy (non-hydrogen) atoms. The quantitative estimate of drug-likeness (QED) is 0.901. The van der Waals surface area contributed by atoms with Crippen molar-refractivity contribution in [1.82, 2.24) is 24.8 Å². The fourth-order valence-corrected chi connectivity index (χ4v) is 3.64. The fraction of sp³-hybridized carbons (Fsp3) is 0.625. The predicted octanol–water partition coefficient (Wildman–Crippen LogP) is 0.633. The summed E-state index contributed by atoms with van der Waals surface area (Å²) < 4.78 is 2.16. The first-order chi connectivity index (χ1) is 10.8. The lowest BCUT2D eigenvalue weighted by Crippen LogP contribution is -2.43. The summed E-state index contributed by atoms with van der Waals surface area (Å²) in [6, 6.07) is 4.37. The van der Waals surface area contributed by atoms with Crippen molar-refractivity contribution in [3.63, 3.8) is 0 Å². The molecular formula is C16H24N6. The van der Waals surface area contributed by atoms with Crippen molar-refractivity contribution in [1.29, 1.82) is 0 Å². The first-order valence-electron chi connectivity index (χ1n) is 8.27. The predicted molar refractivity (Wildman–Crippen MR) is 87.4 cm³/mol. The molecule has 6 nitrogen and oxygen atoms in total. The largest absolute Gasteiger partial charge is 0.369 e. The van der Waals surface area contributed by atoms with Crippen molar-refractivity contribution in [2.24, 2.45) is 5.92 Å². The number of nitrogens with one attached hydrogen (secondary N) is 1. The molecule has 0 aliphatic carbocycles. The van der Waals surface area contributed by atoms with Gasteiger partial charge in [0.1, 0.15) is 5.82 Å². The second-order valence-electron chi connectivity index (χ2n) is 6.59. The van der Waals surface area contributed by atoms with Crippen LogP contribution in [0.15, 0.2) is 18.3 Å². The van der Waals surface area contributed by atoms with Gasteiger partial charge in [0.05, 0.1) is 0 Å². The van der Waals surface area contributed by atoms with Crippen LogP contribution in [0.25, 0.3) is 5.65 Å². The zero-order chi connectivity index (χ0) is 14.9. The number of likely N-dealkylation sites (tertiary alicyclic amines) is 1. The Kier molecular flexibility index (Phi) is 3.72. The van der Waals surface area contributed by atoms with Gasteiger partial charge in [0.2, 0.25) is 0 Å². The van der Waals surface area contributed by atoms with E-state index in [2.05, 4.69) is 55.1 Å². The first kappa shape index (κ1) is 14.0.